The molecule has 3 aromatic rings. The number of hydrogen-bond acceptors (Lipinski definition) is 5. The fourth-order valence-electron chi connectivity index (χ4n) is 2.66. The predicted molar refractivity (Wildman–Crippen MR) is 96.0 cm³/mol. The number of benzene rings is 1. The fourth-order valence-corrected chi connectivity index (χ4v) is 4.02. The number of halogens is 1. The highest BCUT2D eigenvalue weighted by atomic mass is 32.2. The lowest BCUT2D eigenvalue weighted by atomic mass is 10.1. The summed E-state index contributed by atoms with van der Waals surface area (Å²) in [6.45, 7) is -2.66. The molecular formula is C18H18FN3O3S. The van der Waals surface area contributed by atoms with E-state index in [1.807, 2.05) is 0 Å². The maximum absolute atomic E-state index is 14.6. The van der Waals surface area contributed by atoms with E-state index < -0.39 is 22.8 Å². The van der Waals surface area contributed by atoms with Crippen molar-refractivity contribution in [3.05, 3.63) is 66.4 Å². The third-order valence-electron chi connectivity index (χ3n) is 3.80. The summed E-state index contributed by atoms with van der Waals surface area (Å²) in [6, 6.07) is 8.48. The van der Waals surface area contributed by atoms with Gasteiger partial charge in [0.25, 0.3) is 10.0 Å². The van der Waals surface area contributed by atoms with Crippen molar-refractivity contribution in [3.8, 4) is 17.0 Å². The van der Waals surface area contributed by atoms with Crippen LogP contribution in [0.4, 0.5) is 4.39 Å². The molecule has 0 aliphatic rings. The zero-order chi connectivity index (χ0) is 21.2. The van der Waals surface area contributed by atoms with Crippen molar-refractivity contribution < 1.29 is 21.7 Å². The lowest BCUT2D eigenvalue weighted by Crippen LogP contribution is -2.14. The highest BCUT2D eigenvalue weighted by molar-refractivity contribution is 7.90. The molecule has 0 saturated carbocycles. The second-order valence-electron chi connectivity index (χ2n) is 5.36. The standard InChI is InChI=1S/C18H18FN3O3S/c1-20-10-13-12-22(26(23,24)14-6-5-9-21-11-14)17(18(13)25-2)15-7-3-4-8-16(15)19/h3-9,11-12,20H,10H2,1-2H3/i1D3. The number of nitrogens with zero attached hydrogens (tertiary/aromatic N) is 2. The summed E-state index contributed by atoms with van der Waals surface area (Å²) in [7, 11) is -2.86. The van der Waals surface area contributed by atoms with Gasteiger partial charge in [-0.2, -0.15) is 0 Å². The molecule has 0 amide bonds. The van der Waals surface area contributed by atoms with Crippen LogP contribution in [0.2, 0.25) is 0 Å². The van der Waals surface area contributed by atoms with E-state index in [9.17, 15) is 12.8 Å². The molecule has 0 aliphatic carbocycles. The van der Waals surface area contributed by atoms with Gasteiger partial charge in [-0.3, -0.25) is 4.98 Å². The Morgan fingerprint density at radius 2 is 2.12 bits per heavy atom. The smallest absolute Gasteiger partial charge is 0.269 e. The monoisotopic (exact) mass is 378 g/mol. The molecule has 8 heteroatoms. The predicted octanol–water partition coefficient (Wildman–Crippen LogP) is 2.65. The maximum Gasteiger partial charge on any atom is 0.269 e. The van der Waals surface area contributed by atoms with Crippen molar-refractivity contribution in [2.75, 3.05) is 14.1 Å². The Bertz CT molecular complexity index is 1120. The van der Waals surface area contributed by atoms with Crippen LogP contribution in [-0.2, 0) is 16.6 Å². The SMILES string of the molecule is [2H]C([2H])([2H])NCc1cn(S(=O)(=O)c2cccnc2)c(-c2ccccc2F)c1OC. The van der Waals surface area contributed by atoms with Crippen molar-refractivity contribution in [3.63, 3.8) is 0 Å². The summed E-state index contributed by atoms with van der Waals surface area (Å²) in [6.07, 6.45) is 3.83. The molecule has 136 valence electrons. The average molecular weight is 378 g/mol. The molecule has 1 N–H and O–H groups in total. The number of methoxy groups -OCH3 is 1. The molecule has 0 saturated heterocycles. The summed E-state index contributed by atoms with van der Waals surface area (Å²) in [5.74, 6) is -0.596. The van der Waals surface area contributed by atoms with E-state index in [1.165, 1.54) is 56.0 Å². The van der Waals surface area contributed by atoms with Crippen molar-refractivity contribution >= 4 is 10.0 Å². The van der Waals surface area contributed by atoms with Gasteiger partial charge in [-0.25, -0.2) is 16.8 Å². The van der Waals surface area contributed by atoms with Gasteiger partial charge < -0.3 is 10.1 Å². The Hall–Kier alpha value is -2.71. The number of rotatable bonds is 6. The number of pyridine rings is 1. The molecule has 0 aliphatic heterocycles. The summed E-state index contributed by atoms with van der Waals surface area (Å²) in [4.78, 5) is 3.72. The molecule has 0 unspecified atom stereocenters. The van der Waals surface area contributed by atoms with Crippen molar-refractivity contribution in [2.24, 2.45) is 0 Å². The summed E-state index contributed by atoms with van der Waals surface area (Å²) >= 11 is 0. The van der Waals surface area contributed by atoms with Crippen molar-refractivity contribution in [1.29, 1.82) is 0 Å². The van der Waals surface area contributed by atoms with E-state index in [1.54, 1.807) is 6.07 Å². The Morgan fingerprint density at radius 3 is 2.77 bits per heavy atom. The van der Waals surface area contributed by atoms with Crippen LogP contribution < -0.4 is 10.1 Å². The molecular weight excluding hydrogens is 357 g/mol. The number of aromatic nitrogens is 2. The van der Waals surface area contributed by atoms with E-state index >= 15 is 0 Å². The van der Waals surface area contributed by atoms with Crippen molar-refractivity contribution in [1.82, 2.24) is 14.3 Å². The molecule has 1 aromatic carbocycles. The summed E-state index contributed by atoms with van der Waals surface area (Å²) < 4.78 is 69.2. The van der Waals surface area contributed by atoms with E-state index in [0.717, 1.165) is 3.97 Å². The molecule has 2 aromatic heterocycles. The molecule has 6 nitrogen and oxygen atoms in total. The molecule has 0 fully saturated rings. The molecule has 0 radical (unpaired) electrons. The molecule has 26 heavy (non-hydrogen) atoms. The second kappa shape index (κ2) is 7.27. The molecule has 0 atom stereocenters. The molecule has 0 bridgehead atoms. The third-order valence-corrected chi connectivity index (χ3v) is 5.45. The fraction of sp³-hybridized carbons (Fsp3) is 0.167. The topological polar surface area (TPSA) is 73.2 Å². The zero-order valence-corrected chi connectivity index (χ0v) is 14.6. The van der Waals surface area contributed by atoms with Crippen LogP contribution in [0.25, 0.3) is 11.3 Å². The molecule has 0 spiro atoms. The van der Waals surface area contributed by atoms with Crippen LogP contribution in [0, 0.1) is 5.82 Å². The van der Waals surface area contributed by atoms with Crippen molar-refractivity contribution in [2.45, 2.75) is 11.4 Å². The molecule has 2 heterocycles. The van der Waals surface area contributed by atoms with Crippen LogP contribution in [0.3, 0.4) is 0 Å². The zero-order valence-electron chi connectivity index (χ0n) is 16.8. The number of hydrogen-bond donors (Lipinski definition) is 1. The van der Waals surface area contributed by atoms with Gasteiger partial charge in [0.15, 0.2) is 0 Å². The average Bonchev–Trinajstić information content (AvgIpc) is 3.06. The minimum Gasteiger partial charge on any atom is -0.494 e. The lowest BCUT2D eigenvalue weighted by molar-refractivity contribution is 0.411. The lowest BCUT2D eigenvalue weighted by Gasteiger charge is -2.12. The first kappa shape index (κ1) is 14.5. The van der Waals surface area contributed by atoms with Crippen LogP contribution in [0.1, 0.15) is 9.68 Å². The number of nitrogens with one attached hydrogen (secondary N) is 1. The van der Waals surface area contributed by atoms with E-state index in [4.69, 9.17) is 8.85 Å². The first-order chi connectivity index (χ1) is 13.6. The number of ether oxygens (including phenoxy) is 1. The van der Waals surface area contributed by atoms with E-state index in [-0.39, 0.29) is 34.0 Å². The maximum atomic E-state index is 14.6. The minimum absolute atomic E-state index is 0.00283. The first-order valence-corrected chi connectivity index (χ1v) is 9.03. The Balaban J connectivity index is 2.27. The van der Waals surface area contributed by atoms with Crippen LogP contribution >= 0.6 is 0 Å². The van der Waals surface area contributed by atoms with Gasteiger partial charge >= 0.3 is 0 Å². The van der Waals surface area contributed by atoms with Gasteiger partial charge in [-0.1, -0.05) is 12.1 Å². The van der Waals surface area contributed by atoms with Crippen LogP contribution in [0.15, 0.2) is 59.9 Å². The second-order valence-corrected chi connectivity index (χ2v) is 7.17. The summed E-state index contributed by atoms with van der Waals surface area (Å²) in [5.41, 5.74) is 0.197. The first-order valence-electron chi connectivity index (χ1n) is 9.09. The van der Waals surface area contributed by atoms with Crippen LogP contribution in [-0.4, -0.2) is 31.5 Å². The van der Waals surface area contributed by atoms with E-state index in [0.29, 0.717) is 0 Å². The minimum atomic E-state index is -4.16. The normalized spacial score (nSPS) is 13.7. The van der Waals surface area contributed by atoms with Gasteiger partial charge in [-0.05, 0) is 31.2 Å². The Morgan fingerprint density at radius 1 is 1.31 bits per heavy atom. The van der Waals surface area contributed by atoms with E-state index in [2.05, 4.69) is 10.3 Å². The highest BCUT2D eigenvalue weighted by Crippen LogP contribution is 2.38. The van der Waals surface area contributed by atoms with Gasteiger partial charge in [0.05, 0.1) is 7.11 Å². The van der Waals surface area contributed by atoms with Gasteiger partial charge in [0.1, 0.15) is 22.2 Å². The van der Waals surface area contributed by atoms with Crippen LogP contribution in [0.5, 0.6) is 5.75 Å². The summed E-state index contributed by atoms with van der Waals surface area (Å²) in [5, 5.41) is 2.32. The van der Waals surface area contributed by atoms with Gasteiger partial charge in [0.2, 0.25) is 0 Å². The van der Waals surface area contributed by atoms with Gasteiger partial charge in [0, 0.05) is 40.4 Å². The molecule has 3 rings (SSSR count). The Kier molecular flexibility index (Phi) is 4.04. The largest absolute Gasteiger partial charge is 0.494 e. The quantitative estimate of drug-likeness (QED) is 0.714. The Labute approximate surface area is 155 Å². The van der Waals surface area contributed by atoms with Gasteiger partial charge in [-0.15, -0.1) is 0 Å². The third kappa shape index (κ3) is 3.09. The highest BCUT2D eigenvalue weighted by Gasteiger charge is 2.28.